The van der Waals surface area contributed by atoms with Gasteiger partial charge in [0.2, 0.25) is 0 Å². The van der Waals surface area contributed by atoms with Crippen molar-refractivity contribution in [3.05, 3.63) is 91.0 Å². The Hall–Kier alpha value is -3.47. The minimum atomic E-state index is -0.255. The Morgan fingerprint density at radius 2 is 1.87 bits per heavy atom. The van der Waals surface area contributed by atoms with E-state index < -0.39 is 0 Å². The van der Waals surface area contributed by atoms with Crippen LogP contribution in [0, 0.1) is 5.82 Å². The van der Waals surface area contributed by atoms with Crippen LogP contribution in [-0.2, 0) is 0 Å². The number of benzene rings is 2. The van der Waals surface area contributed by atoms with Gasteiger partial charge in [0, 0.05) is 35.9 Å². The summed E-state index contributed by atoms with van der Waals surface area (Å²) in [6.07, 6.45) is 7.67. The largest absolute Gasteiger partial charge is 0.384 e. The lowest BCUT2D eigenvalue weighted by Crippen LogP contribution is -2.39. The van der Waals surface area contributed by atoms with Crippen molar-refractivity contribution in [2.75, 3.05) is 16.8 Å². The summed E-state index contributed by atoms with van der Waals surface area (Å²) in [7, 11) is 0. The molecule has 0 amide bonds. The van der Waals surface area contributed by atoms with Crippen LogP contribution >= 0.6 is 0 Å². The summed E-state index contributed by atoms with van der Waals surface area (Å²) in [5.41, 5.74) is 3.65. The van der Waals surface area contributed by atoms with E-state index in [2.05, 4.69) is 38.4 Å². The van der Waals surface area contributed by atoms with E-state index in [9.17, 15) is 4.39 Å². The van der Waals surface area contributed by atoms with Crippen LogP contribution in [0.3, 0.4) is 0 Å². The molecule has 30 heavy (non-hydrogen) atoms. The van der Waals surface area contributed by atoms with Crippen LogP contribution in [0.1, 0.15) is 19.8 Å². The second-order valence-electron chi connectivity index (χ2n) is 7.26. The highest BCUT2D eigenvalue weighted by molar-refractivity contribution is 5.98. The van der Waals surface area contributed by atoms with Crippen molar-refractivity contribution in [2.45, 2.75) is 25.8 Å². The zero-order valence-electron chi connectivity index (χ0n) is 17.0. The van der Waals surface area contributed by atoms with Gasteiger partial charge in [0.05, 0.1) is 11.7 Å². The number of para-hydroxylation sites is 1. The van der Waals surface area contributed by atoms with Crippen molar-refractivity contribution < 1.29 is 4.39 Å². The molecule has 1 aliphatic heterocycles. The summed E-state index contributed by atoms with van der Waals surface area (Å²) in [5, 5.41) is 3.41. The molecule has 0 saturated heterocycles. The van der Waals surface area contributed by atoms with Gasteiger partial charge in [-0.3, -0.25) is 4.98 Å². The lowest BCUT2D eigenvalue weighted by Gasteiger charge is -2.33. The van der Waals surface area contributed by atoms with Gasteiger partial charge in [-0.2, -0.15) is 0 Å². The first-order valence-electron chi connectivity index (χ1n) is 10.2. The van der Waals surface area contributed by atoms with Gasteiger partial charge < -0.3 is 10.2 Å². The number of nitrogens with one attached hydrogen (secondary N) is 1. The monoisotopic (exact) mass is 400 g/mol. The Kier molecular flexibility index (Phi) is 6.18. The van der Waals surface area contributed by atoms with Crippen molar-refractivity contribution in [3.63, 3.8) is 0 Å². The summed E-state index contributed by atoms with van der Waals surface area (Å²) in [6.45, 7) is 2.78. The molecule has 1 aliphatic rings. The molecule has 1 N–H and O–H groups in total. The Labute approximate surface area is 176 Å². The molecule has 0 saturated carbocycles. The zero-order chi connectivity index (χ0) is 20.8. The summed E-state index contributed by atoms with van der Waals surface area (Å²) in [4.78, 5) is 11.1. The SMILES string of the molecule is CC1=NC=CC(CCCNc2cc(F)ccc2-c2ccccn2)N1c1ccccc1. The summed E-state index contributed by atoms with van der Waals surface area (Å²) in [6, 6.07) is 21.1. The average Bonchev–Trinajstić information content (AvgIpc) is 2.78. The Morgan fingerprint density at radius 1 is 1.03 bits per heavy atom. The highest BCUT2D eigenvalue weighted by atomic mass is 19.1. The summed E-state index contributed by atoms with van der Waals surface area (Å²) in [5.74, 6) is 0.735. The molecule has 3 aromatic rings. The van der Waals surface area contributed by atoms with Gasteiger partial charge in [0.15, 0.2) is 0 Å². The van der Waals surface area contributed by atoms with Gasteiger partial charge in [-0.15, -0.1) is 0 Å². The van der Waals surface area contributed by atoms with E-state index in [4.69, 9.17) is 0 Å². The fraction of sp³-hybridized carbons (Fsp3) is 0.200. The first kappa shape index (κ1) is 19.8. The van der Waals surface area contributed by atoms with Crippen LogP contribution in [0.25, 0.3) is 11.3 Å². The van der Waals surface area contributed by atoms with E-state index in [-0.39, 0.29) is 11.9 Å². The molecular weight excluding hydrogens is 375 g/mol. The van der Waals surface area contributed by atoms with E-state index >= 15 is 0 Å². The van der Waals surface area contributed by atoms with Crippen molar-refractivity contribution in [1.82, 2.24) is 4.98 Å². The van der Waals surface area contributed by atoms with Crippen LogP contribution in [0.15, 0.2) is 90.2 Å². The molecule has 0 bridgehead atoms. The maximum Gasteiger partial charge on any atom is 0.125 e. The highest BCUT2D eigenvalue weighted by Crippen LogP contribution is 2.28. The third-order valence-electron chi connectivity index (χ3n) is 5.20. The van der Waals surface area contributed by atoms with Crippen LogP contribution in [0.2, 0.25) is 0 Å². The molecule has 1 unspecified atom stereocenters. The van der Waals surface area contributed by atoms with Gasteiger partial charge in [-0.1, -0.05) is 24.3 Å². The number of hydrogen-bond donors (Lipinski definition) is 1. The number of halogens is 1. The molecule has 0 radical (unpaired) electrons. The topological polar surface area (TPSA) is 40.5 Å². The third kappa shape index (κ3) is 4.57. The van der Waals surface area contributed by atoms with Crippen molar-refractivity contribution >= 4 is 17.2 Å². The smallest absolute Gasteiger partial charge is 0.125 e. The Bertz CT molecular complexity index is 1030. The van der Waals surface area contributed by atoms with Crippen molar-refractivity contribution in [1.29, 1.82) is 0 Å². The van der Waals surface area contributed by atoms with Gasteiger partial charge in [0.1, 0.15) is 11.7 Å². The van der Waals surface area contributed by atoms with Crippen LogP contribution in [-0.4, -0.2) is 23.4 Å². The normalized spacial score (nSPS) is 15.7. The molecule has 1 atom stereocenters. The van der Waals surface area contributed by atoms with E-state index in [1.807, 2.05) is 49.5 Å². The maximum absolute atomic E-state index is 13.9. The van der Waals surface area contributed by atoms with E-state index in [1.54, 1.807) is 12.3 Å². The molecule has 0 aliphatic carbocycles. The molecule has 0 fully saturated rings. The molecule has 2 heterocycles. The third-order valence-corrected chi connectivity index (χ3v) is 5.20. The quantitative estimate of drug-likeness (QED) is 0.502. The fourth-order valence-corrected chi connectivity index (χ4v) is 3.77. The van der Waals surface area contributed by atoms with Crippen molar-refractivity contribution in [3.8, 4) is 11.3 Å². The number of aromatic nitrogens is 1. The van der Waals surface area contributed by atoms with Gasteiger partial charge >= 0.3 is 0 Å². The zero-order valence-corrected chi connectivity index (χ0v) is 17.0. The molecule has 4 rings (SSSR count). The number of amidine groups is 1. The first-order valence-corrected chi connectivity index (χ1v) is 10.2. The minimum Gasteiger partial charge on any atom is -0.384 e. The summed E-state index contributed by atoms with van der Waals surface area (Å²) < 4.78 is 13.9. The predicted molar refractivity (Wildman–Crippen MR) is 122 cm³/mol. The molecule has 2 aromatic carbocycles. The molecule has 5 heteroatoms. The molecular formula is C25H25FN4. The maximum atomic E-state index is 13.9. The second kappa shape index (κ2) is 9.35. The van der Waals surface area contributed by atoms with Gasteiger partial charge in [0.25, 0.3) is 0 Å². The number of pyridine rings is 1. The fourth-order valence-electron chi connectivity index (χ4n) is 3.77. The predicted octanol–water partition coefficient (Wildman–Crippen LogP) is 5.90. The average molecular weight is 401 g/mol. The van der Waals surface area contributed by atoms with Crippen LogP contribution in [0.5, 0.6) is 0 Å². The number of nitrogens with zero attached hydrogens (tertiary/aromatic N) is 3. The van der Waals surface area contributed by atoms with Crippen LogP contribution < -0.4 is 10.2 Å². The van der Waals surface area contributed by atoms with Crippen LogP contribution in [0.4, 0.5) is 15.8 Å². The first-order chi connectivity index (χ1) is 14.7. The Morgan fingerprint density at radius 3 is 2.67 bits per heavy atom. The number of anilines is 2. The highest BCUT2D eigenvalue weighted by Gasteiger charge is 2.21. The minimum absolute atomic E-state index is 0.245. The second-order valence-corrected chi connectivity index (χ2v) is 7.26. The van der Waals surface area contributed by atoms with Gasteiger partial charge in [-0.25, -0.2) is 9.38 Å². The molecule has 4 nitrogen and oxygen atoms in total. The number of aliphatic imine (C=N–C) groups is 1. The lowest BCUT2D eigenvalue weighted by molar-refractivity contribution is 0.628. The number of hydrogen-bond acceptors (Lipinski definition) is 4. The Balaban J connectivity index is 1.41. The molecule has 1 aromatic heterocycles. The lowest BCUT2D eigenvalue weighted by atomic mass is 10.1. The molecule has 152 valence electrons. The van der Waals surface area contributed by atoms with E-state index in [1.165, 1.54) is 12.1 Å². The number of rotatable bonds is 7. The van der Waals surface area contributed by atoms with Crippen molar-refractivity contribution in [2.24, 2.45) is 4.99 Å². The van der Waals surface area contributed by atoms with Gasteiger partial charge in [-0.05, 0) is 68.3 Å². The van der Waals surface area contributed by atoms with E-state index in [0.29, 0.717) is 0 Å². The molecule has 0 spiro atoms. The summed E-state index contributed by atoms with van der Waals surface area (Å²) >= 11 is 0. The van der Waals surface area contributed by atoms with E-state index in [0.717, 1.165) is 47.9 Å². The standard InChI is InChI=1S/C25H25FN4/c1-19-27-17-14-22(30(19)21-8-3-2-4-9-21)10-7-16-29-25-18-20(26)12-13-23(25)24-11-5-6-15-28-24/h2-6,8-9,11-15,17-18,22,29H,7,10,16H2,1H3.